The lowest BCUT2D eigenvalue weighted by Gasteiger charge is -2.35. The van der Waals surface area contributed by atoms with Crippen LogP contribution in [0, 0.1) is 0 Å². The van der Waals surface area contributed by atoms with Crippen molar-refractivity contribution in [3.63, 3.8) is 0 Å². The number of ether oxygens (including phenoxy) is 2. The zero-order chi connectivity index (χ0) is 23.5. The van der Waals surface area contributed by atoms with Crippen molar-refractivity contribution >= 4 is 45.9 Å². The third kappa shape index (κ3) is 5.35. The summed E-state index contributed by atoms with van der Waals surface area (Å²) in [7, 11) is 1.50. The van der Waals surface area contributed by atoms with Crippen LogP contribution in [0.25, 0.3) is 10.9 Å². The summed E-state index contributed by atoms with van der Waals surface area (Å²) >= 11 is 6.36. The van der Waals surface area contributed by atoms with Crippen LogP contribution in [0.5, 0.6) is 5.75 Å². The summed E-state index contributed by atoms with van der Waals surface area (Å²) in [4.78, 5) is 37.5. The van der Waals surface area contributed by atoms with Crippen molar-refractivity contribution in [3.8, 4) is 5.75 Å². The lowest BCUT2D eigenvalue weighted by atomic mass is 10.2. The van der Waals surface area contributed by atoms with Crippen molar-refractivity contribution in [2.75, 3.05) is 37.0 Å². The standard InChI is InChI=1S/C22H25ClN6O4/c1-12-9-29(10-13(2)33-12)22-25-8-16(23)20(28-22)26-15-4-5-17-14(6-15)7-18(21(31)27-17)32-11-19(30)24-3/h4-8,12-13H,9-11H2,1-3H3,(H,24,30)(H,27,31)(H,25,26,28). The van der Waals surface area contributed by atoms with Crippen molar-refractivity contribution < 1.29 is 14.3 Å². The summed E-state index contributed by atoms with van der Waals surface area (Å²) in [6.45, 7) is 5.16. The molecule has 4 rings (SSSR count). The quantitative estimate of drug-likeness (QED) is 0.500. The van der Waals surface area contributed by atoms with E-state index < -0.39 is 5.56 Å². The summed E-state index contributed by atoms with van der Waals surface area (Å²) in [6, 6.07) is 6.99. The second-order valence-corrected chi connectivity index (χ2v) is 8.29. The van der Waals surface area contributed by atoms with Crippen LogP contribution in [-0.2, 0) is 9.53 Å². The van der Waals surface area contributed by atoms with Gasteiger partial charge in [-0.25, -0.2) is 4.98 Å². The normalized spacial score (nSPS) is 18.2. The van der Waals surface area contributed by atoms with Crippen molar-refractivity contribution in [1.29, 1.82) is 0 Å². The lowest BCUT2D eigenvalue weighted by molar-refractivity contribution is -0.122. The summed E-state index contributed by atoms with van der Waals surface area (Å²) < 4.78 is 11.1. The van der Waals surface area contributed by atoms with E-state index >= 15 is 0 Å². The number of morpholine rings is 1. The average Bonchev–Trinajstić information content (AvgIpc) is 2.78. The van der Waals surface area contributed by atoms with Crippen LogP contribution in [0.2, 0.25) is 5.02 Å². The van der Waals surface area contributed by atoms with Crippen LogP contribution in [0.15, 0.2) is 35.3 Å². The maximum absolute atomic E-state index is 12.2. The van der Waals surface area contributed by atoms with E-state index in [2.05, 4.69) is 30.5 Å². The fourth-order valence-electron chi connectivity index (χ4n) is 3.66. The molecular formula is C22H25ClN6O4. The van der Waals surface area contributed by atoms with Gasteiger partial charge < -0.3 is 30.0 Å². The topological polar surface area (TPSA) is 121 Å². The summed E-state index contributed by atoms with van der Waals surface area (Å²) in [6.07, 6.45) is 1.72. The second-order valence-electron chi connectivity index (χ2n) is 7.88. The van der Waals surface area contributed by atoms with E-state index in [4.69, 9.17) is 21.1 Å². The highest BCUT2D eigenvalue weighted by molar-refractivity contribution is 6.32. The predicted octanol–water partition coefficient (Wildman–Crippen LogP) is 2.45. The van der Waals surface area contributed by atoms with E-state index in [0.29, 0.717) is 46.5 Å². The number of aromatic nitrogens is 3. The Morgan fingerprint density at radius 3 is 2.79 bits per heavy atom. The van der Waals surface area contributed by atoms with Gasteiger partial charge in [0.25, 0.3) is 11.5 Å². The van der Waals surface area contributed by atoms with E-state index in [1.165, 1.54) is 7.05 Å². The molecular weight excluding hydrogens is 448 g/mol. The smallest absolute Gasteiger partial charge is 0.290 e. The molecule has 3 heterocycles. The van der Waals surface area contributed by atoms with Gasteiger partial charge in [0.2, 0.25) is 5.95 Å². The number of hydrogen-bond donors (Lipinski definition) is 3. The van der Waals surface area contributed by atoms with E-state index in [-0.39, 0.29) is 30.5 Å². The first-order chi connectivity index (χ1) is 15.8. The summed E-state index contributed by atoms with van der Waals surface area (Å²) in [5.74, 6) is 0.761. The first-order valence-corrected chi connectivity index (χ1v) is 10.9. The first kappa shape index (κ1) is 22.8. The number of carbonyl (C=O) groups is 1. The molecule has 3 aromatic rings. The minimum atomic E-state index is -0.412. The number of benzene rings is 1. The summed E-state index contributed by atoms with van der Waals surface area (Å²) in [5, 5.41) is 6.76. The zero-order valence-electron chi connectivity index (χ0n) is 18.5. The molecule has 33 heavy (non-hydrogen) atoms. The number of halogens is 1. The molecule has 1 aliphatic rings. The number of rotatable bonds is 6. The largest absolute Gasteiger partial charge is 0.478 e. The molecule has 0 spiro atoms. The SMILES string of the molecule is CNC(=O)COc1cc2cc(Nc3nc(N4CC(C)OC(C)C4)ncc3Cl)ccc2[nH]c1=O. The number of hydrogen-bond acceptors (Lipinski definition) is 8. The minimum Gasteiger partial charge on any atom is -0.478 e. The molecule has 2 atom stereocenters. The fourth-order valence-corrected chi connectivity index (χ4v) is 3.80. The minimum absolute atomic E-state index is 0.0566. The number of aromatic amines is 1. The number of fused-ring (bicyclic) bond motifs is 1. The number of nitrogens with zero attached hydrogens (tertiary/aromatic N) is 3. The number of amides is 1. The highest BCUT2D eigenvalue weighted by atomic mass is 35.5. The molecule has 3 N–H and O–H groups in total. The number of H-pyrrole nitrogens is 1. The van der Waals surface area contributed by atoms with Gasteiger partial charge >= 0.3 is 0 Å². The monoisotopic (exact) mass is 472 g/mol. The number of likely N-dealkylation sites (N-methyl/N-ethyl adjacent to an activating group) is 1. The lowest BCUT2D eigenvalue weighted by Crippen LogP contribution is -2.46. The van der Waals surface area contributed by atoms with Crippen LogP contribution >= 0.6 is 11.6 Å². The maximum Gasteiger partial charge on any atom is 0.290 e. The molecule has 1 fully saturated rings. The molecule has 174 valence electrons. The van der Waals surface area contributed by atoms with Gasteiger partial charge in [0, 0.05) is 36.7 Å². The molecule has 0 saturated carbocycles. The molecule has 1 amide bonds. The van der Waals surface area contributed by atoms with Crippen molar-refractivity contribution in [3.05, 3.63) is 45.8 Å². The van der Waals surface area contributed by atoms with E-state index in [0.717, 1.165) is 0 Å². The van der Waals surface area contributed by atoms with Crippen molar-refractivity contribution in [1.82, 2.24) is 20.3 Å². The molecule has 0 radical (unpaired) electrons. The van der Waals surface area contributed by atoms with Crippen LogP contribution in [0.1, 0.15) is 13.8 Å². The Balaban J connectivity index is 1.58. The Kier molecular flexibility index (Phi) is 6.66. The maximum atomic E-state index is 12.2. The molecule has 0 aliphatic carbocycles. The number of anilines is 3. The second kappa shape index (κ2) is 9.63. The van der Waals surface area contributed by atoms with Crippen LogP contribution < -0.4 is 25.8 Å². The molecule has 11 heteroatoms. The molecule has 1 aromatic carbocycles. The highest BCUT2D eigenvalue weighted by Gasteiger charge is 2.24. The number of nitrogens with one attached hydrogen (secondary N) is 3. The Bertz CT molecular complexity index is 1220. The molecule has 1 aliphatic heterocycles. The Hall–Kier alpha value is -3.37. The van der Waals surface area contributed by atoms with Crippen molar-refractivity contribution in [2.45, 2.75) is 26.1 Å². The van der Waals surface area contributed by atoms with Crippen LogP contribution in [0.4, 0.5) is 17.5 Å². The number of pyridine rings is 1. The van der Waals surface area contributed by atoms with Crippen LogP contribution in [0.3, 0.4) is 0 Å². The average molecular weight is 473 g/mol. The molecule has 2 unspecified atom stereocenters. The van der Waals surface area contributed by atoms with Gasteiger partial charge in [0.1, 0.15) is 5.02 Å². The van der Waals surface area contributed by atoms with Gasteiger partial charge in [-0.2, -0.15) is 4.98 Å². The van der Waals surface area contributed by atoms with Gasteiger partial charge in [0.05, 0.1) is 18.4 Å². The Labute approximate surface area is 195 Å². The molecule has 1 saturated heterocycles. The third-order valence-electron chi connectivity index (χ3n) is 5.14. The first-order valence-electron chi connectivity index (χ1n) is 10.5. The third-order valence-corrected chi connectivity index (χ3v) is 5.42. The van der Waals surface area contributed by atoms with Gasteiger partial charge in [-0.05, 0) is 38.1 Å². The molecule has 0 bridgehead atoms. The van der Waals surface area contributed by atoms with Gasteiger partial charge in [-0.3, -0.25) is 9.59 Å². The van der Waals surface area contributed by atoms with E-state index in [9.17, 15) is 9.59 Å². The van der Waals surface area contributed by atoms with Gasteiger partial charge in [-0.1, -0.05) is 11.6 Å². The van der Waals surface area contributed by atoms with Gasteiger partial charge in [-0.15, -0.1) is 0 Å². The Morgan fingerprint density at radius 1 is 1.30 bits per heavy atom. The highest BCUT2D eigenvalue weighted by Crippen LogP contribution is 2.28. The zero-order valence-corrected chi connectivity index (χ0v) is 19.3. The molecule has 2 aromatic heterocycles. The summed E-state index contributed by atoms with van der Waals surface area (Å²) in [5.41, 5.74) is 0.926. The predicted molar refractivity (Wildman–Crippen MR) is 127 cm³/mol. The fraction of sp³-hybridized carbons (Fsp3) is 0.364. The van der Waals surface area contributed by atoms with Gasteiger partial charge in [0.15, 0.2) is 18.2 Å². The Morgan fingerprint density at radius 2 is 2.06 bits per heavy atom. The van der Waals surface area contributed by atoms with Crippen LogP contribution in [-0.4, -0.2) is 59.8 Å². The van der Waals surface area contributed by atoms with E-state index in [1.807, 2.05) is 19.9 Å². The van der Waals surface area contributed by atoms with E-state index in [1.54, 1.807) is 24.4 Å². The number of carbonyl (C=O) groups excluding carboxylic acids is 1. The molecule has 10 nitrogen and oxygen atoms in total. The van der Waals surface area contributed by atoms with Crippen molar-refractivity contribution in [2.24, 2.45) is 0 Å².